The fourth-order valence-corrected chi connectivity index (χ4v) is 7.81. The van der Waals surface area contributed by atoms with E-state index in [0.29, 0.717) is 24.4 Å². The van der Waals surface area contributed by atoms with Gasteiger partial charge in [-0.2, -0.15) is 0 Å². The molecule has 36 heavy (non-hydrogen) atoms. The molecule has 0 radical (unpaired) electrons. The average Bonchev–Trinajstić information content (AvgIpc) is 2.85. The second-order valence-electron chi connectivity index (χ2n) is 11.4. The van der Waals surface area contributed by atoms with Crippen LogP contribution in [0.5, 0.6) is 5.75 Å². The maximum Gasteiger partial charge on any atom is 0.345 e. The van der Waals surface area contributed by atoms with Crippen LogP contribution in [0.2, 0.25) is 0 Å². The molecule has 3 fully saturated rings. The van der Waals surface area contributed by atoms with Crippen molar-refractivity contribution in [1.29, 1.82) is 0 Å². The molecule has 9 heteroatoms. The van der Waals surface area contributed by atoms with Crippen LogP contribution in [0.25, 0.3) is 11.3 Å². The van der Waals surface area contributed by atoms with E-state index in [0.717, 1.165) is 12.8 Å². The van der Waals surface area contributed by atoms with Gasteiger partial charge in [0.15, 0.2) is 0 Å². The summed E-state index contributed by atoms with van der Waals surface area (Å²) in [5, 5.41) is 23.4. The Labute approximate surface area is 209 Å². The lowest BCUT2D eigenvalue weighted by atomic mass is 9.42. The molecule has 4 heterocycles. The number of hydrogen-bond donors (Lipinski definition) is 2. The first-order valence-electron chi connectivity index (χ1n) is 12.6. The summed E-state index contributed by atoms with van der Waals surface area (Å²) in [6.07, 6.45) is 3.00. The third kappa shape index (κ3) is 3.20. The van der Waals surface area contributed by atoms with Crippen LogP contribution in [-0.2, 0) is 14.2 Å². The number of aliphatic hydroxyl groups is 2. The average molecular weight is 500 g/mol. The van der Waals surface area contributed by atoms with E-state index in [1.54, 1.807) is 37.7 Å². The maximum absolute atomic E-state index is 13.2. The summed E-state index contributed by atoms with van der Waals surface area (Å²) in [7, 11) is 1.55. The van der Waals surface area contributed by atoms with Crippen LogP contribution in [0.4, 0.5) is 0 Å². The minimum Gasteiger partial charge on any atom is -0.484 e. The third-order valence-electron chi connectivity index (χ3n) is 9.56. The van der Waals surface area contributed by atoms with Crippen LogP contribution in [0, 0.1) is 22.7 Å². The highest BCUT2D eigenvalue weighted by Crippen LogP contribution is 2.67. The van der Waals surface area contributed by atoms with Crippen LogP contribution in [0.3, 0.4) is 0 Å². The summed E-state index contributed by atoms with van der Waals surface area (Å²) in [4.78, 5) is 17.3. The number of fused-ring (bicyclic) bond motifs is 6. The minimum atomic E-state index is -1.17. The van der Waals surface area contributed by atoms with Crippen molar-refractivity contribution in [2.75, 3.05) is 13.7 Å². The number of aromatic nitrogens is 1. The minimum absolute atomic E-state index is 0.0452. The van der Waals surface area contributed by atoms with Gasteiger partial charge in [-0.05, 0) is 49.7 Å². The van der Waals surface area contributed by atoms with E-state index < -0.39 is 46.7 Å². The molecule has 0 bridgehead atoms. The topological polar surface area (TPSA) is 120 Å². The summed E-state index contributed by atoms with van der Waals surface area (Å²) in [6, 6.07) is 5.15. The first kappa shape index (κ1) is 24.1. The monoisotopic (exact) mass is 499 g/mol. The predicted octanol–water partition coefficient (Wildman–Crippen LogP) is 3.04. The molecule has 6 rings (SSSR count). The van der Waals surface area contributed by atoms with Crippen LogP contribution < -0.4 is 10.4 Å². The van der Waals surface area contributed by atoms with E-state index in [1.165, 1.54) is 0 Å². The molecule has 9 nitrogen and oxygen atoms in total. The molecule has 2 N–H and O–H groups in total. The molecule has 4 aliphatic rings. The van der Waals surface area contributed by atoms with Gasteiger partial charge in [-0.3, -0.25) is 4.98 Å². The Morgan fingerprint density at radius 2 is 2.00 bits per heavy atom. The smallest absolute Gasteiger partial charge is 0.345 e. The van der Waals surface area contributed by atoms with Gasteiger partial charge in [0.1, 0.15) is 22.7 Å². The lowest BCUT2D eigenvalue weighted by Crippen LogP contribution is -2.71. The molecule has 0 unspecified atom stereocenters. The summed E-state index contributed by atoms with van der Waals surface area (Å²) in [6.45, 7) is 5.81. The molecule has 194 valence electrons. The number of methoxy groups -OCH3 is 1. The number of aliphatic hydroxyl groups excluding tert-OH is 2. The number of pyridine rings is 1. The number of rotatable bonds is 2. The Balaban J connectivity index is 1.43. The zero-order chi connectivity index (χ0) is 25.5. The van der Waals surface area contributed by atoms with Gasteiger partial charge in [-0.15, -0.1) is 0 Å². The summed E-state index contributed by atoms with van der Waals surface area (Å²) < 4.78 is 29.3. The van der Waals surface area contributed by atoms with Gasteiger partial charge in [-0.25, -0.2) is 4.79 Å². The number of nitrogens with zero attached hydrogens (tertiary/aromatic N) is 1. The highest BCUT2D eigenvalue weighted by molar-refractivity contribution is 5.59. The fourth-order valence-electron chi connectivity index (χ4n) is 7.81. The van der Waals surface area contributed by atoms with Gasteiger partial charge < -0.3 is 33.6 Å². The van der Waals surface area contributed by atoms with E-state index in [-0.39, 0.29) is 23.3 Å². The van der Waals surface area contributed by atoms with Gasteiger partial charge >= 0.3 is 5.63 Å². The van der Waals surface area contributed by atoms with Crippen molar-refractivity contribution in [3.63, 3.8) is 0 Å². The van der Waals surface area contributed by atoms with Crippen molar-refractivity contribution in [1.82, 2.24) is 4.98 Å². The normalized spacial score (nSPS) is 43.4. The fraction of sp³-hybridized carbons (Fsp3) is 0.630. The molecule has 2 aliphatic carbocycles. The van der Waals surface area contributed by atoms with Crippen LogP contribution in [0.1, 0.15) is 51.7 Å². The van der Waals surface area contributed by atoms with Gasteiger partial charge in [0, 0.05) is 42.5 Å². The molecule has 0 spiro atoms. The van der Waals surface area contributed by atoms with Crippen molar-refractivity contribution in [2.45, 2.75) is 70.4 Å². The molecule has 2 aromatic heterocycles. The van der Waals surface area contributed by atoms with Crippen LogP contribution in [-0.4, -0.2) is 53.2 Å². The molecule has 9 atom stereocenters. The predicted molar refractivity (Wildman–Crippen MR) is 127 cm³/mol. The largest absolute Gasteiger partial charge is 0.484 e. The quantitative estimate of drug-likeness (QED) is 0.642. The zero-order valence-corrected chi connectivity index (χ0v) is 21.0. The Bertz CT molecular complexity index is 1220. The Hall–Kier alpha value is -2.30. The van der Waals surface area contributed by atoms with E-state index >= 15 is 0 Å². The van der Waals surface area contributed by atoms with Crippen molar-refractivity contribution >= 4 is 0 Å². The van der Waals surface area contributed by atoms with Gasteiger partial charge in [0.25, 0.3) is 6.48 Å². The lowest BCUT2D eigenvalue weighted by molar-refractivity contribution is -0.383. The first-order chi connectivity index (χ1) is 17.1. The van der Waals surface area contributed by atoms with E-state index in [1.807, 2.05) is 6.92 Å². The molecular formula is C27H33NO8. The Morgan fingerprint density at radius 3 is 2.72 bits per heavy atom. The standard InChI is InChI=1S/C27H33NO8/c1-25-8-7-19-26(2,13-33-24(32-4)35-19)17(25)11-18(29)27(3)22(25)21(30)20-16(36-27)10-15(34-23(20)31)14-6-5-9-28-12-14/h5-6,9-10,12,17-19,21-22,24,29-30H,7-8,11,13H2,1-4H3/t17-,18+,19+,21+,22-,24-,25+,26+,27-/m1/s1. The number of hydrogen-bond acceptors (Lipinski definition) is 9. The first-order valence-corrected chi connectivity index (χ1v) is 12.6. The molecule has 0 amide bonds. The van der Waals surface area contributed by atoms with Crippen molar-refractivity contribution < 1.29 is 33.6 Å². The number of ether oxygens (including phenoxy) is 4. The van der Waals surface area contributed by atoms with E-state index in [9.17, 15) is 15.0 Å². The molecule has 2 saturated carbocycles. The lowest BCUT2D eigenvalue weighted by Gasteiger charge is -2.67. The highest BCUT2D eigenvalue weighted by Gasteiger charge is 2.70. The summed E-state index contributed by atoms with van der Waals surface area (Å²) >= 11 is 0. The Morgan fingerprint density at radius 1 is 1.19 bits per heavy atom. The van der Waals surface area contributed by atoms with Crippen LogP contribution >= 0.6 is 0 Å². The van der Waals surface area contributed by atoms with E-state index in [2.05, 4.69) is 18.8 Å². The molecular weight excluding hydrogens is 466 g/mol. The van der Waals surface area contributed by atoms with E-state index in [4.69, 9.17) is 23.4 Å². The Kier molecular flexibility index (Phi) is 5.41. The zero-order valence-electron chi connectivity index (χ0n) is 21.0. The van der Waals surface area contributed by atoms with Gasteiger partial charge in [0.2, 0.25) is 0 Å². The van der Waals surface area contributed by atoms with Crippen molar-refractivity contribution in [2.24, 2.45) is 22.7 Å². The summed E-state index contributed by atoms with van der Waals surface area (Å²) in [5.74, 6) is -0.0511. The molecule has 0 aromatic carbocycles. The van der Waals surface area contributed by atoms with Crippen LogP contribution in [0.15, 0.2) is 39.8 Å². The second-order valence-corrected chi connectivity index (χ2v) is 11.4. The third-order valence-corrected chi connectivity index (χ3v) is 9.56. The van der Waals surface area contributed by atoms with Gasteiger partial charge in [0.05, 0.1) is 24.9 Å². The summed E-state index contributed by atoms with van der Waals surface area (Å²) in [5.41, 5.74) is -1.89. The SMILES string of the molecule is CO[C@@H]1OC[C@@]2(C)[C@@H]3C[C@H](O)[C@@]4(C)Oc5cc(-c6cccnc6)oc(=O)c5[C@H](O)[C@@H]4[C@@]3(C)CC[C@@H]2O1. The van der Waals surface area contributed by atoms with Gasteiger partial charge in [-0.1, -0.05) is 13.8 Å². The second kappa shape index (κ2) is 8.10. The van der Waals surface area contributed by atoms with Crippen molar-refractivity contribution in [3.05, 3.63) is 46.6 Å². The molecule has 1 saturated heterocycles. The molecule has 2 aliphatic heterocycles. The van der Waals surface area contributed by atoms with Crippen molar-refractivity contribution in [3.8, 4) is 17.1 Å². The highest BCUT2D eigenvalue weighted by atomic mass is 16.8. The maximum atomic E-state index is 13.2. The molecule has 2 aromatic rings.